The summed E-state index contributed by atoms with van der Waals surface area (Å²) in [6, 6.07) is 16.0. The minimum absolute atomic E-state index is 0.190. The second kappa shape index (κ2) is 8.87. The molecule has 1 amide bonds. The number of aryl methyl sites for hydroxylation is 3. The Kier molecular flexibility index (Phi) is 5.84. The van der Waals surface area contributed by atoms with Gasteiger partial charge in [0, 0.05) is 6.20 Å². The molecule has 2 aromatic carbocycles. The molecule has 0 aliphatic heterocycles. The van der Waals surface area contributed by atoms with Gasteiger partial charge in [-0.25, -0.2) is 0 Å². The first kappa shape index (κ1) is 20.4. The highest BCUT2D eigenvalue weighted by Gasteiger charge is 2.21. The minimum Gasteiger partial charge on any atom is -0.488 e. The maximum absolute atomic E-state index is 12.8. The van der Waals surface area contributed by atoms with Gasteiger partial charge in [-0.15, -0.1) is 0 Å². The zero-order valence-electron chi connectivity index (χ0n) is 17.8. The molecular weight excluding hydrogens is 392 g/mol. The Morgan fingerprint density at radius 2 is 1.87 bits per heavy atom. The summed E-state index contributed by atoms with van der Waals surface area (Å²) >= 11 is 0. The van der Waals surface area contributed by atoms with Crippen molar-refractivity contribution in [3.05, 3.63) is 94.6 Å². The van der Waals surface area contributed by atoms with E-state index in [0.29, 0.717) is 23.6 Å². The monoisotopic (exact) mass is 416 g/mol. The zero-order valence-corrected chi connectivity index (χ0v) is 17.8. The molecule has 4 rings (SSSR count). The number of para-hydroxylation sites is 1. The Balaban J connectivity index is 1.43. The number of nitrogens with one attached hydrogen (secondary N) is 1. The van der Waals surface area contributed by atoms with Gasteiger partial charge < -0.3 is 14.6 Å². The lowest BCUT2D eigenvalue weighted by Gasteiger charge is -2.09. The third kappa shape index (κ3) is 4.83. The van der Waals surface area contributed by atoms with E-state index in [4.69, 9.17) is 9.26 Å². The lowest BCUT2D eigenvalue weighted by atomic mass is 10.1. The minimum atomic E-state index is -0.366. The van der Waals surface area contributed by atoms with E-state index in [1.54, 1.807) is 24.0 Å². The Labute approximate surface area is 180 Å². The highest BCUT2D eigenvalue weighted by atomic mass is 16.5. The summed E-state index contributed by atoms with van der Waals surface area (Å²) < 4.78 is 12.9. The summed E-state index contributed by atoms with van der Waals surface area (Å²) in [6.07, 6.45) is 3.40. The summed E-state index contributed by atoms with van der Waals surface area (Å²) in [6.45, 7) is 6.60. The highest BCUT2D eigenvalue weighted by Crippen LogP contribution is 2.21. The van der Waals surface area contributed by atoms with Crippen LogP contribution in [-0.4, -0.2) is 20.8 Å². The standard InChI is InChI=1S/C24H24N4O3/c1-16-8-10-19(11-9-16)13-28-14-20(12-25-28)26-24(29)23-21(18(3)31-27-23)15-30-22-7-5-4-6-17(22)2/h4-12,14H,13,15H2,1-3H3,(H,26,29). The molecule has 31 heavy (non-hydrogen) atoms. The molecule has 0 saturated heterocycles. The number of aromatic nitrogens is 3. The van der Waals surface area contributed by atoms with Gasteiger partial charge in [0.05, 0.1) is 24.0 Å². The maximum Gasteiger partial charge on any atom is 0.278 e. The number of rotatable bonds is 7. The third-order valence-corrected chi connectivity index (χ3v) is 5.02. The fourth-order valence-corrected chi connectivity index (χ4v) is 3.19. The van der Waals surface area contributed by atoms with Crippen LogP contribution in [0.3, 0.4) is 0 Å². The number of carbonyl (C=O) groups is 1. The molecule has 2 heterocycles. The summed E-state index contributed by atoms with van der Waals surface area (Å²) in [4.78, 5) is 12.8. The van der Waals surface area contributed by atoms with Crippen LogP contribution < -0.4 is 10.1 Å². The van der Waals surface area contributed by atoms with Crippen LogP contribution in [0.15, 0.2) is 65.4 Å². The molecule has 7 heteroatoms. The number of benzene rings is 2. The van der Waals surface area contributed by atoms with Crippen molar-refractivity contribution in [2.75, 3.05) is 5.32 Å². The van der Waals surface area contributed by atoms with Crippen molar-refractivity contribution in [2.24, 2.45) is 0 Å². The Hall–Kier alpha value is -3.87. The first-order chi connectivity index (χ1) is 15.0. The molecule has 0 aliphatic carbocycles. The van der Waals surface area contributed by atoms with E-state index in [1.165, 1.54) is 5.56 Å². The van der Waals surface area contributed by atoms with Gasteiger partial charge in [0.1, 0.15) is 18.1 Å². The van der Waals surface area contributed by atoms with Gasteiger partial charge in [0.15, 0.2) is 5.69 Å². The first-order valence-electron chi connectivity index (χ1n) is 10.0. The van der Waals surface area contributed by atoms with Crippen molar-refractivity contribution in [1.82, 2.24) is 14.9 Å². The fourth-order valence-electron chi connectivity index (χ4n) is 3.19. The van der Waals surface area contributed by atoms with Crippen molar-refractivity contribution >= 4 is 11.6 Å². The van der Waals surface area contributed by atoms with Crippen LogP contribution in [-0.2, 0) is 13.2 Å². The maximum atomic E-state index is 12.8. The van der Waals surface area contributed by atoms with Gasteiger partial charge in [0.2, 0.25) is 0 Å². The van der Waals surface area contributed by atoms with Gasteiger partial charge in [-0.3, -0.25) is 9.48 Å². The Morgan fingerprint density at radius 3 is 2.65 bits per heavy atom. The molecule has 2 aromatic heterocycles. The molecule has 0 aliphatic rings. The molecule has 1 N–H and O–H groups in total. The van der Waals surface area contributed by atoms with E-state index in [0.717, 1.165) is 16.9 Å². The number of nitrogens with zero attached hydrogens (tertiary/aromatic N) is 3. The second-order valence-corrected chi connectivity index (χ2v) is 7.49. The van der Waals surface area contributed by atoms with E-state index in [9.17, 15) is 4.79 Å². The molecule has 0 fully saturated rings. The van der Waals surface area contributed by atoms with Gasteiger partial charge in [-0.1, -0.05) is 53.2 Å². The fraction of sp³-hybridized carbons (Fsp3) is 0.208. The Morgan fingerprint density at radius 1 is 1.10 bits per heavy atom. The molecule has 0 unspecified atom stereocenters. The SMILES string of the molecule is Cc1ccc(Cn2cc(NC(=O)c3noc(C)c3COc3ccccc3C)cn2)cc1. The largest absolute Gasteiger partial charge is 0.488 e. The molecule has 0 bridgehead atoms. The van der Waals surface area contributed by atoms with Crippen molar-refractivity contribution in [3.8, 4) is 5.75 Å². The van der Waals surface area contributed by atoms with Crippen LogP contribution in [0.4, 0.5) is 5.69 Å². The van der Waals surface area contributed by atoms with E-state index < -0.39 is 0 Å². The quantitative estimate of drug-likeness (QED) is 0.473. The summed E-state index contributed by atoms with van der Waals surface area (Å²) in [5.74, 6) is 0.941. The number of amides is 1. The van der Waals surface area contributed by atoms with E-state index in [1.807, 2.05) is 31.2 Å². The van der Waals surface area contributed by atoms with Gasteiger partial charge in [-0.05, 0) is 38.0 Å². The third-order valence-electron chi connectivity index (χ3n) is 5.02. The van der Waals surface area contributed by atoms with Gasteiger partial charge >= 0.3 is 0 Å². The van der Waals surface area contributed by atoms with Crippen LogP contribution >= 0.6 is 0 Å². The number of anilines is 1. The first-order valence-corrected chi connectivity index (χ1v) is 10.0. The lowest BCUT2D eigenvalue weighted by Crippen LogP contribution is -2.15. The average molecular weight is 416 g/mol. The predicted molar refractivity (Wildman–Crippen MR) is 117 cm³/mol. The van der Waals surface area contributed by atoms with E-state index >= 15 is 0 Å². The van der Waals surface area contributed by atoms with Crippen molar-refractivity contribution in [1.29, 1.82) is 0 Å². The molecule has 7 nitrogen and oxygen atoms in total. The molecule has 0 spiro atoms. The summed E-state index contributed by atoms with van der Waals surface area (Å²) in [5, 5.41) is 11.1. The highest BCUT2D eigenvalue weighted by molar-refractivity contribution is 6.03. The smallest absolute Gasteiger partial charge is 0.278 e. The molecule has 0 radical (unpaired) electrons. The van der Waals surface area contributed by atoms with Crippen LogP contribution in [0.25, 0.3) is 0 Å². The molecule has 0 atom stereocenters. The van der Waals surface area contributed by atoms with E-state index in [2.05, 4.69) is 46.8 Å². The number of carbonyl (C=O) groups excluding carboxylic acids is 1. The van der Waals surface area contributed by atoms with Gasteiger partial charge in [0.25, 0.3) is 5.91 Å². The number of hydrogen-bond acceptors (Lipinski definition) is 5. The number of ether oxygens (including phenoxy) is 1. The van der Waals surface area contributed by atoms with Gasteiger partial charge in [-0.2, -0.15) is 5.10 Å². The second-order valence-electron chi connectivity index (χ2n) is 7.49. The van der Waals surface area contributed by atoms with E-state index in [-0.39, 0.29) is 18.2 Å². The summed E-state index contributed by atoms with van der Waals surface area (Å²) in [7, 11) is 0. The number of hydrogen-bond donors (Lipinski definition) is 1. The van der Waals surface area contributed by atoms with Crippen LogP contribution in [0.2, 0.25) is 0 Å². The normalized spacial score (nSPS) is 10.8. The zero-order chi connectivity index (χ0) is 21.8. The average Bonchev–Trinajstić information content (AvgIpc) is 3.35. The van der Waals surface area contributed by atoms with Crippen molar-refractivity contribution < 1.29 is 14.1 Å². The topological polar surface area (TPSA) is 82.2 Å². The predicted octanol–water partition coefficient (Wildman–Crippen LogP) is 4.68. The molecular formula is C24H24N4O3. The van der Waals surface area contributed by atoms with Crippen molar-refractivity contribution in [3.63, 3.8) is 0 Å². The van der Waals surface area contributed by atoms with Crippen molar-refractivity contribution in [2.45, 2.75) is 33.9 Å². The van der Waals surface area contributed by atoms with Crippen LogP contribution in [0.5, 0.6) is 5.75 Å². The van der Waals surface area contributed by atoms with Crippen LogP contribution in [0.1, 0.15) is 38.5 Å². The lowest BCUT2D eigenvalue weighted by molar-refractivity contribution is 0.101. The molecule has 4 aromatic rings. The summed E-state index contributed by atoms with van der Waals surface area (Å²) in [5.41, 5.74) is 4.77. The molecule has 0 saturated carbocycles. The van der Waals surface area contributed by atoms with Crippen LogP contribution in [0, 0.1) is 20.8 Å². The Bertz CT molecular complexity index is 1190. The molecule has 158 valence electrons.